The van der Waals surface area contributed by atoms with Crippen molar-refractivity contribution in [1.82, 2.24) is 14.8 Å². The van der Waals surface area contributed by atoms with Crippen molar-refractivity contribution in [2.75, 3.05) is 25.9 Å². The van der Waals surface area contributed by atoms with Gasteiger partial charge >= 0.3 is 0 Å². The number of aryl methyl sites for hydroxylation is 1. The number of nitrogens with zero attached hydrogens (tertiary/aromatic N) is 3. The number of likely N-dealkylation sites (N-methyl/N-ethyl adjacent to an activating group) is 1. The molecule has 1 saturated heterocycles. The van der Waals surface area contributed by atoms with Gasteiger partial charge in [-0.2, -0.15) is 0 Å². The van der Waals surface area contributed by atoms with Crippen molar-refractivity contribution in [3.8, 4) is 11.1 Å². The Kier molecular flexibility index (Phi) is 5.97. The van der Waals surface area contributed by atoms with Gasteiger partial charge in [-0.25, -0.2) is 4.98 Å². The average molecular weight is 380 g/mol. The lowest BCUT2D eigenvalue weighted by molar-refractivity contribution is -0.138. The quantitative estimate of drug-likeness (QED) is 0.864. The molecule has 6 heteroatoms. The molecule has 2 heterocycles. The Hall–Kier alpha value is -2.89. The molecule has 28 heavy (non-hydrogen) atoms. The first-order chi connectivity index (χ1) is 13.4. The van der Waals surface area contributed by atoms with E-state index in [1.54, 1.807) is 23.0 Å². The van der Waals surface area contributed by atoms with Gasteiger partial charge in [-0.3, -0.25) is 9.59 Å². The third kappa shape index (κ3) is 4.01. The lowest BCUT2D eigenvalue weighted by Crippen LogP contribution is -2.57. The van der Waals surface area contributed by atoms with E-state index in [2.05, 4.69) is 11.9 Å². The van der Waals surface area contributed by atoms with Crippen LogP contribution in [-0.4, -0.2) is 52.8 Å². The normalized spacial score (nSPS) is 17.1. The Balaban J connectivity index is 1.88. The zero-order valence-corrected chi connectivity index (χ0v) is 16.8. The minimum Gasteiger partial charge on any atom is -0.383 e. The smallest absolute Gasteiger partial charge is 0.254 e. The van der Waals surface area contributed by atoms with Crippen LogP contribution >= 0.6 is 0 Å². The molecule has 1 aliphatic rings. The number of hydrogen-bond acceptors (Lipinski definition) is 4. The van der Waals surface area contributed by atoms with Crippen LogP contribution in [0.15, 0.2) is 36.5 Å². The molecule has 2 aromatic rings. The van der Waals surface area contributed by atoms with Gasteiger partial charge < -0.3 is 15.5 Å². The van der Waals surface area contributed by atoms with Gasteiger partial charge in [0.2, 0.25) is 5.91 Å². The highest BCUT2D eigenvalue weighted by Gasteiger charge is 2.35. The van der Waals surface area contributed by atoms with Gasteiger partial charge in [-0.05, 0) is 42.7 Å². The Bertz CT molecular complexity index is 881. The average Bonchev–Trinajstić information content (AvgIpc) is 2.70. The molecule has 1 atom stereocenters. The summed E-state index contributed by atoms with van der Waals surface area (Å²) in [7, 11) is 1.81. The maximum atomic E-state index is 13.2. The van der Waals surface area contributed by atoms with Gasteiger partial charge in [-0.15, -0.1) is 0 Å². The van der Waals surface area contributed by atoms with E-state index >= 15 is 0 Å². The van der Waals surface area contributed by atoms with E-state index in [9.17, 15) is 9.59 Å². The number of amides is 2. The second-order valence-corrected chi connectivity index (χ2v) is 7.42. The maximum absolute atomic E-state index is 13.2. The predicted octanol–water partition coefficient (Wildman–Crippen LogP) is 3.11. The summed E-state index contributed by atoms with van der Waals surface area (Å²) in [5.41, 5.74) is 9.13. The molecule has 0 unspecified atom stereocenters. The van der Waals surface area contributed by atoms with E-state index in [1.165, 1.54) is 0 Å². The molecule has 1 aromatic carbocycles. The fourth-order valence-corrected chi connectivity index (χ4v) is 3.57. The number of carbonyl (C=O) groups excluding carboxylic acids is 2. The summed E-state index contributed by atoms with van der Waals surface area (Å²) in [4.78, 5) is 33.6. The molecule has 6 nitrogen and oxygen atoms in total. The van der Waals surface area contributed by atoms with Crippen LogP contribution in [0.1, 0.15) is 42.1 Å². The summed E-state index contributed by atoms with van der Waals surface area (Å²) in [6.45, 7) is 5.13. The first-order valence-corrected chi connectivity index (χ1v) is 9.81. The minimum atomic E-state index is -0.379. The van der Waals surface area contributed by atoms with Gasteiger partial charge in [0.25, 0.3) is 5.91 Å². The highest BCUT2D eigenvalue weighted by Crippen LogP contribution is 2.25. The maximum Gasteiger partial charge on any atom is 0.254 e. The van der Waals surface area contributed by atoms with Crippen molar-refractivity contribution in [3.63, 3.8) is 0 Å². The molecular formula is C22H28N4O2. The monoisotopic (exact) mass is 380 g/mol. The second-order valence-electron chi connectivity index (χ2n) is 7.42. The number of anilines is 1. The van der Waals surface area contributed by atoms with E-state index < -0.39 is 0 Å². The number of hydrogen-bond donors (Lipinski definition) is 1. The zero-order chi connectivity index (χ0) is 20.3. The third-order valence-corrected chi connectivity index (χ3v) is 5.37. The standard InChI is InChI=1S/C22H28N4O2/c1-4-5-9-19-22(28)25(3)10-11-26(19)21(27)17-8-6-7-16(13-17)18-12-15(2)20(23)24-14-18/h6-8,12-14,19H,4-5,9-11H2,1-3H3,(H2,23,24)/t19-/m0/s1. The molecule has 0 bridgehead atoms. The largest absolute Gasteiger partial charge is 0.383 e. The van der Waals surface area contributed by atoms with Crippen LogP contribution in [-0.2, 0) is 4.79 Å². The summed E-state index contributed by atoms with van der Waals surface area (Å²) >= 11 is 0. The number of aromatic nitrogens is 1. The van der Waals surface area contributed by atoms with E-state index in [0.717, 1.165) is 29.5 Å². The molecule has 0 radical (unpaired) electrons. The number of unbranched alkanes of at least 4 members (excludes halogenated alkanes) is 1. The summed E-state index contributed by atoms with van der Waals surface area (Å²) in [6, 6.07) is 9.09. The number of rotatable bonds is 5. The Morgan fingerprint density at radius 2 is 2.04 bits per heavy atom. The van der Waals surface area contributed by atoms with E-state index in [-0.39, 0.29) is 17.9 Å². The molecule has 0 saturated carbocycles. The van der Waals surface area contributed by atoms with Gasteiger partial charge in [0.05, 0.1) is 0 Å². The number of nitrogens with two attached hydrogens (primary N) is 1. The van der Waals surface area contributed by atoms with Crippen molar-refractivity contribution in [2.24, 2.45) is 0 Å². The number of benzene rings is 1. The lowest BCUT2D eigenvalue weighted by Gasteiger charge is -2.39. The molecule has 0 aliphatic carbocycles. The Morgan fingerprint density at radius 3 is 2.75 bits per heavy atom. The van der Waals surface area contributed by atoms with Crippen molar-refractivity contribution in [1.29, 1.82) is 0 Å². The second kappa shape index (κ2) is 8.42. The van der Waals surface area contributed by atoms with Gasteiger partial charge in [0, 0.05) is 37.5 Å². The zero-order valence-electron chi connectivity index (χ0n) is 16.8. The van der Waals surface area contributed by atoms with Crippen molar-refractivity contribution in [2.45, 2.75) is 39.2 Å². The van der Waals surface area contributed by atoms with Crippen molar-refractivity contribution < 1.29 is 9.59 Å². The van der Waals surface area contributed by atoms with E-state index in [4.69, 9.17) is 5.73 Å². The fourth-order valence-electron chi connectivity index (χ4n) is 3.57. The van der Waals surface area contributed by atoms with Crippen LogP contribution in [0, 0.1) is 6.92 Å². The molecule has 2 amide bonds. The predicted molar refractivity (Wildman–Crippen MR) is 111 cm³/mol. The van der Waals surface area contributed by atoms with E-state index in [0.29, 0.717) is 30.9 Å². The molecule has 1 aromatic heterocycles. The van der Waals surface area contributed by atoms with Crippen molar-refractivity contribution >= 4 is 17.6 Å². The van der Waals surface area contributed by atoms with Crippen LogP contribution < -0.4 is 5.73 Å². The Labute approximate surface area is 166 Å². The summed E-state index contributed by atoms with van der Waals surface area (Å²) in [5, 5.41) is 0. The van der Waals surface area contributed by atoms with Crippen LogP contribution in [0.25, 0.3) is 11.1 Å². The molecular weight excluding hydrogens is 352 g/mol. The SMILES string of the molecule is CCCC[C@H]1C(=O)N(C)CCN1C(=O)c1cccc(-c2cnc(N)c(C)c2)c1. The van der Waals surface area contributed by atoms with Gasteiger partial charge in [0.1, 0.15) is 11.9 Å². The molecule has 148 valence electrons. The highest BCUT2D eigenvalue weighted by molar-refractivity contribution is 5.99. The first-order valence-electron chi connectivity index (χ1n) is 9.81. The summed E-state index contributed by atoms with van der Waals surface area (Å²) < 4.78 is 0. The van der Waals surface area contributed by atoms with Gasteiger partial charge in [0.15, 0.2) is 0 Å². The van der Waals surface area contributed by atoms with Crippen molar-refractivity contribution in [3.05, 3.63) is 47.7 Å². The summed E-state index contributed by atoms with van der Waals surface area (Å²) in [5.74, 6) is 0.442. The van der Waals surface area contributed by atoms with Gasteiger partial charge in [-0.1, -0.05) is 31.9 Å². The third-order valence-electron chi connectivity index (χ3n) is 5.37. The topological polar surface area (TPSA) is 79.5 Å². The number of nitrogen functional groups attached to an aromatic ring is 1. The van der Waals surface area contributed by atoms with Crippen LogP contribution in [0.5, 0.6) is 0 Å². The van der Waals surface area contributed by atoms with Crippen LogP contribution in [0.4, 0.5) is 5.82 Å². The molecule has 2 N–H and O–H groups in total. The number of piperazine rings is 1. The van der Waals surface area contributed by atoms with Crippen LogP contribution in [0.3, 0.4) is 0 Å². The van der Waals surface area contributed by atoms with E-state index in [1.807, 2.05) is 37.3 Å². The summed E-state index contributed by atoms with van der Waals surface area (Å²) in [6.07, 6.45) is 4.33. The Morgan fingerprint density at radius 1 is 1.25 bits per heavy atom. The first kappa shape index (κ1) is 19.9. The molecule has 0 spiro atoms. The lowest BCUT2D eigenvalue weighted by atomic mass is 10.00. The minimum absolute atomic E-state index is 0.0302. The van der Waals surface area contributed by atoms with Crippen LogP contribution in [0.2, 0.25) is 0 Å². The number of pyridine rings is 1. The molecule has 1 aliphatic heterocycles. The highest BCUT2D eigenvalue weighted by atomic mass is 16.2. The molecule has 1 fully saturated rings. The molecule has 3 rings (SSSR count). The fraction of sp³-hybridized carbons (Fsp3) is 0.409. The number of carbonyl (C=O) groups is 2.